The van der Waals surface area contributed by atoms with Crippen LogP contribution in [0.4, 0.5) is 0 Å². The maximum Gasteiger partial charge on any atom is 0.220 e. The molecule has 0 fully saturated rings. The third kappa shape index (κ3) is 4.39. The molecule has 1 aliphatic heterocycles. The van der Waals surface area contributed by atoms with E-state index in [0.717, 1.165) is 22.6 Å². The number of hydrogen-bond donors (Lipinski definition) is 1. The lowest BCUT2D eigenvalue weighted by molar-refractivity contribution is -0.121. The lowest BCUT2D eigenvalue weighted by atomic mass is 10.1. The summed E-state index contributed by atoms with van der Waals surface area (Å²) in [6, 6.07) is 13.3. The second-order valence-corrected chi connectivity index (χ2v) is 5.82. The fourth-order valence-corrected chi connectivity index (χ4v) is 2.65. The minimum Gasteiger partial charge on any atom is -0.486 e. The Kier molecular flexibility index (Phi) is 5.03. The Bertz CT molecular complexity index is 702. The highest BCUT2D eigenvalue weighted by Gasteiger charge is 2.12. The molecular weight excluding hydrogens is 314 g/mol. The largest absolute Gasteiger partial charge is 0.486 e. The van der Waals surface area contributed by atoms with Crippen molar-refractivity contribution in [2.24, 2.45) is 0 Å². The van der Waals surface area contributed by atoms with Crippen molar-refractivity contribution in [3.05, 3.63) is 58.6 Å². The van der Waals surface area contributed by atoms with E-state index in [1.165, 1.54) is 0 Å². The summed E-state index contributed by atoms with van der Waals surface area (Å²) < 4.78 is 11.0. The Hall–Kier alpha value is -2.20. The molecule has 0 bridgehead atoms. The first-order chi connectivity index (χ1) is 11.2. The summed E-state index contributed by atoms with van der Waals surface area (Å²) in [7, 11) is 0. The summed E-state index contributed by atoms with van der Waals surface area (Å²) in [5.74, 6) is 1.54. The van der Waals surface area contributed by atoms with Gasteiger partial charge in [-0.3, -0.25) is 4.79 Å². The summed E-state index contributed by atoms with van der Waals surface area (Å²) in [5.41, 5.74) is 2.05. The zero-order valence-corrected chi connectivity index (χ0v) is 13.4. The zero-order valence-electron chi connectivity index (χ0n) is 12.7. The Labute approximate surface area is 140 Å². The number of nitrogens with one attached hydrogen (secondary N) is 1. The molecule has 120 valence electrons. The van der Waals surface area contributed by atoms with Crippen LogP contribution in [-0.4, -0.2) is 19.1 Å². The highest BCUT2D eigenvalue weighted by Crippen LogP contribution is 2.31. The molecule has 0 aliphatic carbocycles. The number of carbonyl (C=O) groups is 1. The monoisotopic (exact) mass is 331 g/mol. The molecule has 5 heteroatoms. The van der Waals surface area contributed by atoms with E-state index in [9.17, 15) is 4.79 Å². The Morgan fingerprint density at radius 2 is 1.87 bits per heavy atom. The van der Waals surface area contributed by atoms with Crippen LogP contribution in [0.15, 0.2) is 42.5 Å². The number of hydrogen-bond acceptors (Lipinski definition) is 3. The van der Waals surface area contributed by atoms with Crippen molar-refractivity contribution >= 4 is 17.5 Å². The number of fused-ring (bicyclic) bond motifs is 1. The molecule has 0 unspecified atom stereocenters. The zero-order chi connectivity index (χ0) is 16.1. The molecule has 2 aromatic rings. The molecule has 0 spiro atoms. The van der Waals surface area contributed by atoms with Crippen molar-refractivity contribution in [3.63, 3.8) is 0 Å². The minimum atomic E-state index is 0.0138. The van der Waals surface area contributed by atoms with Crippen molar-refractivity contribution in [1.29, 1.82) is 0 Å². The maximum atomic E-state index is 12.0. The molecule has 1 heterocycles. The van der Waals surface area contributed by atoms with Crippen LogP contribution in [0.3, 0.4) is 0 Å². The second kappa shape index (κ2) is 7.38. The first-order valence-electron chi connectivity index (χ1n) is 7.60. The van der Waals surface area contributed by atoms with Gasteiger partial charge in [-0.25, -0.2) is 0 Å². The highest BCUT2D eigenvalue weighted by molar-refractivity contribution is 6.30. The Morgan fingerprint density at radius 1 is 1.04 bits per heavy atom. The van der Waals surface area contributed by atoms with Crippen molar-refractivity contribution in [2.45, 2.75) is 19.4 Å². The summed E-state index contributed by atoms with van der Waals surface area (Å²) in [4.78, 5) is 12.0. The van der Waals surface area contributed by atoms with Crippen LogP contribution in [0.5, 0.6) is 11.5 Å². The standard InChI is InChI=1S/C18H18ClNO3/c19-15-3-1-2-14(10-15)12-20-18(21)7-5-13-4-6-16-17(11-13)23-9-8-22-16/h1-4,6,10-11H,5,7-9,12H2,(H,20,21). The summed E-state index contributed by atoms with van der Waals surface area (Å²) in [6.45, 7) is 1.63. The van der Waals surface area contributed by atoms with E-state index >= 15 is 0 Å². The topological polar surface area (TPSA) is 47.6 Å². The summed E-state index contributed by atoms with van der Waals surface area (Å²) in [5, 5.41) is 3.58. The van der Waals surface area contributed by atoms with Crippen molar-refractivity contribution in [1.82, 2.24) is 5.32 Å². The molecule has 1 amide bonds. The number of benzene rings is 2. The second-order valence-electron chi connectivity index (χ2n) is 5.38. The van der Waals surface area contributed by atoms with Gasteiger partial charge in [-0.2, -0.15) is 0 Å². The fourth-order valence-electron chi connectivity index (χ4n) is 2.44. The first kappa shape index (κ1) is 15.7. The van der Waals surface area contributed by atoms with Crippen LogP contribution < -0.4 is 14.8 Å². The van der Waals surface area contributed by atoms with Gasteiger partial charge in [0.15, 0.2) is 11.5 Å². The summed E-state index contributed by atoms with van der Waals surface area (Å²) >= 11 is 5.92. The normalized spacial score (nSPS) is 12.7. The van der Waals surface area contributed by atoms with Gasteiger partial charge in [0.2, 0.25) is 5.91 Å². The lowest BCUT2D eigenvalue weighted by Gasteiger charge is -2.18. The van der Waals surface area contributed by atoms with Crippen molar-refractivity contribution in [2.75, 3.05) is 13.2 Å². The molecule has 3 rings (SSSR count). The molecule has 0 radical (unpaired) electrons. The average Bonchev–Trinajstić information content (AvgIpc) is 2.58. The Morgan fingerprint density at radius 3 is 2.70 bits per heavy atom. The molecule has 2 aromatic carbocycles. The quantitative estimate of drug-likeness (QED) is 0.914. The van der Waals surface area contributed by atoms with Gasteiger partial charge < -0.3 is 14.8 Å². The van der Waals surface area contributed by atoms with Gasteiger partial charge in [0.05, 0.1) is 0 Å². The van der Waals surface area contributed by atoms with Crippen LogP contribution >= 0.6 is 11.6 Å². The van der Waals surface area contributed by atoms with E-state index in [4.69, 9.17) is 21.1 Å². The van der Waals surface area contributed by atoms with Crippen LogP contribution in [0.1, 0.15) is 17.5 Å². The number of carbonyl (C=O) groups excluding carboxylic acids is 1. The van der Waals surface area contributed by atoms with Gasteiger partial charge in [0.1, 0.15) is 13.2 Å². The SMILES string of the molecule is O=C(CCc1ccc2c(c1)OCCO2)NCc1cccc(Cl)c1. The molecular formula is C18H18ClNO3. The van der Waals surface area contributed by atoms with E-state index in [-0.39, 0.29) is 5.91 Å². The number of halogens is 1. The van der Waals surface area contributed by atoms with E-state index in [1.54, 1.807) is 0 Å². The van der Waals surface area contributed by atoms with Gasteiger partial charge in [-0.15, -0.1) is 0 Å². The minimum absolute atomic E-state index is 0.0138. The van der Waals surface area contributed by atoms with Crippen LogP contribution in [0.2, 0.25) is 5.02 Å². The molecule has 23 heavy (non-hydrogen) atoms. The predicted molar refractivity (Wildman–Crippen MR) is 89.1 cm³/mol. The molecule has 0 atom stereocenters. The maximum absolute atomic E-state index is 12.0. The average molecular weight is 332 g/mol. The van der Waals surface area contributed by atoms with Gasteiger partial charge in [-0.05, 0) is 41.8 Å². The molecule has 0 saturated heterocycles. The van der Waals surface area contributed by atoms with Crippen LogP contribution in [0.25, 0.3) is 0 Å². The molecule has 1 aliphatic rings. The van der Waals surface area contributed by atoms with Crippen LogP contribution in [-0.2, 0) is 17.8 Å². The van der Waals surface area contributed by atoms with Gasteiger partial charge >= 0.3 is 0 Å². The van der Waals surface area contributed by atoms with E-state index in [0.29, 0.717) is 37.6 Å². The molecule has 1 N–H and O–H groups in total. The van der Waals surface area contributed by atoms with Crippen molar-refractivity contribution < 1.29 is 14.3 Å². The van der Waals surface area contributed by atoms with E-state index in [1.807, 2.05) is 42.5 Å². The van der Waals surface area contributed by atoms with Crippen LogP contribution in [0, 0.1) is 0 Å². The number of aryl methyl sites for hydroxylation is 1. The third-order valence-corrected chi connectivity index (χ3v) is 3.86. The molecule has 0 aromatic heterocycles. The summed E-state index contributed by atoms with van der Waals surface area (Å²) in [6.07, 6.45) is 1.10. The Balaban J connectivity index is 1.49. The number of ether oxygens (including phenoxy) is 2. The van der Waals surface area contributed by atoms with Gasteiger partial charge in [0.25, 0.3) is 0 Å². The highest BCUT2D eigenvalue weighted by atomic mass is 35.5. The molecule has 0 saturated carbocycles. The van der Waals surface area contributed by atoms with Crippen molar-refractivity contribution in [3.8, 4) is 11.5 Å². The van der Waals surface area contributed by atoms with Gasteiger partial charge in [-0.1, -0.05) is 29.8 Å². The molecule has 4 nitrogen and oxygen atoms in total. The van der Waals surface area contributed by atoms with E-state index < -0.39 is 0 Å². The number of amides is 1. The lowest BCUT2D eigenvalue weighted by Crippen LogP contribution is -2.23. The smallest absolute Gasteiger partial charge is 0.220 e. The van der Waals surface area contributed by atoms with Gasteiger partial charge in [0, 0.05) is 18.0 Å². The fraction of sp³-hybridized carbons (Fsp3) is 0.278. The number of rotatable bonds is 5. The first-order valence-corrected chi connectivity index (χ1v) is 7.98. The predicted octanol–water partition coefficient (Wildman–Crippen LogP) is 3.36. The third-order valence-electron chi connectivity index (χ3n) is 3.63. The van der Waals surface area contributed by atoms with E-state index in [2.05, 4.69) is 5.32 Å².